The van der Waals surface area contributed by atoms with E-state index in [-0.39, 0.29) is 20.4 Å². The lowest BCUT2D eigenvalue weighted by Gasteiger charge is -2.28. The molecule has 2 N–H and O–H groups in total. The van der Waals surface area contributed by atoms with Crippen LogP contribution in [0.3, 0.4) is 0 Å². The van der Waals surface area contributed by atoms with Crippen molar-refractivity contribution in [2.24, 2.45) is 0 Å². The zero-order valence-corrected chi connectivity index (χ0v) is 21.6. The van der Waals surface area contributed by atoms with Crippen LogP contribution < -0.4 is 9.47 Å². The molecule has 0 spiro atoms. The first-order chi connectivity index (χ1) is 14.0. The van der Waals surface area contributed by atoms with E-state index >= 15 is 0 Å². The third-order valence-corrected chi connectivity index (χ3v) is 7.21. The average Bonchev–Trinajstić information content (AvgIpc) is 2.63. The molecule has 0 aliphatic rings. The van der Waals surface area contributed by atoms with Gasteiger partial charge in [0.1, 0.15) is 32.1 Å². The van der Waals surface area contributed by atoms with Crippen LogP contribution in [0.1, 0.15) is 6.92 Å². The van der Waals surface area contributed by atoms with Gasteiger partial charge in [0.15, 0.2) is 6.79 Å². The Bertz CT molecular complexity index is 551. The highest BCUT2D eigenvalue weighted by Gasteiger charge is 2.28. The fourth-order valence-corrected chi connectivity index (χ4v) is 4.26. The Kier molecular flexibility index (Phi) is 15.4. The fraction of sp³-hybridized carbons (Fsp3) is 0.700. The lowest BCUT2D eigenvalue weighted by molar-refractivity contribution is -0.0971. The molecule has 10 heteroatoms. The quantitative estimate of drug-likeness (QED) is 0.250. The summed E-state index contributed by atoms with van der Waals surface area (Å²) in [5.74, 6) is 1.41. The maximum Gasteiger partial charge on any atom is 0.482 e. The van der Waals surface area contributed by atoms with Gasteiger partial charge in [-0.05, 0) is 25.1 Å². The normalized spacial score (nSPS) is 12.6. The molecule has 173 valence electrons. The van der Waals surface area contributed by atoms with Crippen LogP contribution >= 0.6 is 0 Å². The molecule has 30 heavy (non-hydrogen) atoms. The average molecular weight is 460 g/mol. The third-order valence-electron chi connectivity index (χ3n) is 3.76. The predicted octanol–water partition coefficient (Wildman–Crippen LogP) is 3.52. The minimum absolute atomic E-state index is 0. The monoisotopic (exact) mass is 459 g/mol. The summed E-state index contributed by atoms with van der Waals surface area (Å²) < 4.78 is 28.6. The molecular formula is C20H40BO7Si2. The minimum Gasteiger partial charge on any atom is -0.491 e. The number of rotatable bonds is 14. The molecule has 1 rings (SSSR count). The van der Waals surface area contributed by atoms with Crippen LogP contribution in [-0.2, 0) is 14.2 Å². The summed E-state index contributed by atoms with van der Waals surface area (Å²) in [4.78, 5) is 0. The van der Waals surface area contributed by atoms with E-state index in [1.54, 1.807) is 0 Å². The number of benzene rings is 1. The first-order valence-corrected chi connectivity index (χ1v) is 17.6. The molecule has 0 amide bonds. The number of hydrogen-bond donors (Lipinski definition) is 2. The predicted molar refractivity (Wildman–Crippen MR) is 126 cm³/mol. The summed E-state index contributed by atoms with van der Waals surface area (Å²) in [5.41, 5.74) is 0. The van der Waals surface area contributed by atoms with Gasteiger partial charge in [-0.3, -0.25) is 0 Å². The van der Waals surface area contributed by atoms with Gasteiger partial charge in [0.2, 0.25) is 0 Å². The van der Waals surface area contributed by atoms with Gasteiger partial charge in [0, 0.05) is 27.4 Å². The van der Waals surface area contributed by atoms with Gasteiger partial charge >= 0.3 is 7.69 Å². The zero-order valence-electron chi connectivity index (χ0n) is 19.6. The van der Waals surface area contributed by atoms with Crippen LogP contribution in [-0.4, -0.2) is 73.0 Å². The zero-order chi connectivity index (χ0) is 23.0. The molecular weight excluding hydrogens is 419 g/mol. The second-order valence-corrected chi connectivity index (χ2v) is 19.8. The third kappa shape index (κ3) is 15.9. The molecule has 0 aromatic heterocycles. The van der Waals surface area contributed by atoms with E-state index in [4.69, 9.17) is 33.7 Å². The smallest absolute Gasteiger partial charge is 0.482 e. The van der Waals surface area contributed by atoms with Crippen molar-refractivity contribution in [3.05, 3.63) is 24.3 Å². The van der Waals surface area contributed by atoms with E-state index in [9.17, 15) is 0 Å². The lowest BCUT2D eigenvalue weighted by atomic mass is 10.3. The summed E-state index contributed by atoms with van der Waals surface area (Å²) >= 11 is 0. The maximum absolute atomic E-state index is 7.00. The maximum atomic E-state index is 7.00. The van der Waals surface area contributed by atoms with E-state index in [1.165, 1.54) is 0 Å². The molecule has 1 radical (unpaired) electrons. The molecule has 1 unspecified atom stereocenters. The Morgan fingerprint density at radius 3 is 2.03 bits per heavy atom. The highest BCUT2D eigenvalue weighted by molar-refractivity contribution is 6.77. The molecule has 0 saturated carbocycles. The van der Waals surface area contributed by atoms with Crippen LogP contribution in [0.2, 0.25) is 45.3 Å². The number of hydrogen-bond acceptors (Lipinski definition) is 7. The summed E-state index contributed by atoms with van der Waals surface area (Å²) in [5, 5.41) is 14.0. The molecule has 0 fully saturated rings. The van der Waals surface area contributed by atoms with E-state index < -0.39 is 16.1 Å². The molecule has 1 aromatic carbocycles. The van der Waals surface area contributed by atoms with Crippen molar-refractivity contribution in [2.75, 3.05) is 33.2 Å². The second-order valence-electron chi connectivity index (χ2n) is 8.94. The van der Waals surface area contributed by atoms with Crippen molar-refractivity contribution in [1.29, 1.82) is 0 Å². The van der Waals surface area contributed by atoms with Crippen LogP contribution in [0.15, 0.2) is 24.3 Å². The Morgan fingerprint density at radius 2 is 1.50 bits per heavy atom. The highest BCUT2D eigenvalue weighted by atomic mass is 28.3. The van der Waals surface area contributed by atoms with Crippen LogP contribution in [0.25, 0.3) is 0 Å². The van der Waals surface area contributed by atoms with Crippen LogP contribution in [0.5, 0.6) is 11.5 Å². The summed E-state index contributed by atoms with van der Waals surface area (Å²) in [6, 6.07) is 8.75. The fourth-order valence-electron chi connectivity index (χ4n) is 2.21. The van der Waals surface area contributed by atoms with E-state index in [0.717, 1.165) is 24.2 Å². The van der Waals surface area contributed by atoms with Crippen molar-refractivity contribution < 1.29 is 33.7 Å². The molecule has 0 heterocycles. The van der Waals surface area contributed by atoms with Gasteiger partial charge in [-0.2, -0.15) is 0 Å². The first kappa shape index (κ1) is 29.1. The summed E-state index contributed by atoms with van der Waals surface area (Å²) in [6.45, 7) is 18.4. The van der Waals surface area contributed by atoms with Gasteiger partial charge in [-0.15, -0.1) is 0 Å². The molecule has 0 aliphatic carbocycles. The number of ether oxygens (including phenoxy) is 5. The molecule has 0 bridgehead atoms. The van der Waals surface area contributed by atoms with Gasteiger partial charge in [0.25, 0.3) is 0 Å². The van der Waals surface area contributed by atoms with Crippen molar-refractivity contribution in [2.45, 2.75) is 58.2 Å². The Labute approximate surface area is 185 Å². The Morgan fingerprint density at radius 1 is 0.900 bits per heavy atom. The van der Waals surface area contributed by atoms with Crippen LogP contribution in [0.4, 0.5) is 0 Å². The summed E-state index contributed by atoms with van der Waals surface area (Å²) in [7, 11) is -2.57. The first-order valence-electron chi connectivity index (χ1n) is 10.3. The van der Waals surface area contributed by atoms with E-state index in [1.807, 2.05) is 31.2 Å². The molecule has 0 aliphatic heterocycles. The van der Waals surface area contributed by atoms with Gasteiger partial charge in [-0.25, -0.2) is 0 Å². The topological polar surface area (TPSA) is 86.6 Å². The molecule has 0 saturated heterocycles. The molecule has 1 aromatic rings. The van der Waals surface area contributed by atoms with Crippen molar-refractivity contribution in [1.82, 2.24) is 0 Å². The second kappa shape index (κ2) is 15.9. The van der Waals surface area contributed by atoms with Crippen molar-refractivity contribution >= 4 is 23.8 Å². The van der Waals surface area contributed by atoms with Gasteiger partial charge < -0.3 is 33.7 Å². The van der Waals surface area contributed by atoms with Gasteiger partial charge in [0.05, 0.1) is 6.61 Å². The minimum atomic E-state index is -1.51. The summed E-state index contributed by atoms with van der Waals surface area (Å²) in [6.07, 6.45) is 0. The SMILES string of the molecule is CCOC(OCCOc1cccc(OCOCC[Si](C)(C)C)c1)[Si](C)(C)C.O[B]O. The lowest BCUT2D eigenvalue weighted by Crippen LogP contribution is -2.43. The molecule has 1 atom stereocenters. The van der Waals surface area contributed by atoms with Crippen LogP contribution in [0, 0.1) is 0 Å². The standard InChI is InChI=1S/C20H38O5Si2.BH2O2/c1-8-22-20(27(5,6)7)24-13-12-23-18-10-9-11-19(16-18)25-17-21-14-15-26(2,3)4;2-1-3/h9-11,16,20H,8,12-15,17H2,1-7H3;2-3H. The Balaban J connectivity index is 0.00000263. The van der Waals surface area contributed by atoms with Gasteiger partial charge in [-0.1, -0.05) is 45.3 Å². The van der Waals surface area contributed by atoms with Crippen molar-refractivity contribution in [3.63, 3.8) is 0 Å². The van der Waals surface area contributed by atoms with E-state index in [0.29, 0.717) is 19.8 Å². The largest absolute Gasteiger partial charge is 0.491 e. The molecule has 7 nitrogen and oxygen atoms in total. The van der Waals surface area contributed by atoms with Crippen molar-refractivity contribution in [3.8, 4) is 11.5 Å². The highest BCUT2D eigenvalue weighted by Crippen LogP contribution is 2.20. The van der Waals surface area contributed by atoms with E-state index in [2.05, 4.69) is 39.3 Å². The Hall–Kier alpha value is -0.881.